The van der Waals surface area contributed by atoms with Gasteiger partial charge in [-0.2, -0.15) is 4.31 Å². The molecule has 166 valence electrons. The molecule has 3 rings (SSSR count). The van der Waals surface area contributed by atoms with E-state index in [-0.39, 0.29) is 22.6 Å². The Kier molecular flexibility index (Phi) is 7.12. The second-order valence-electron chi connectivity index (χ2n) is 8.31. The number of hydrogen-bond acceptors (Lipinski definition) is 4. The van der Waals surface area contributed by atoms with E-state index in [1.54, 1.807) is 50.2 Å². The van der Waals surface area contributed by atoms with Gasteiger partial charge < -0.3 is 10.6 Å². The summed E-state index contributed by atoms with van der Waals surface area (Å²) in [6.45, 7) is 6.75. The average Bonchev–Trinajstić information content (AvgIpc) is 2.74. The lowest BCUT2D eigenvalue weighted by molar-refractivity contribution is -0.118. The van der Waals surface area contributed by atoms with Crippen LogP contribution < -0.4 is 10.6 Å². The van der Waals surface area contributed by atoms with E-state index in [0.717, 1.165) is 12.8 Å². The third-order valence-corrected chi connectivity index (χ3v) is 7.19. The van der Waals surface area contributed by atoms with Crippen LogP contribution in [0.3, 0.4) is 0 Å². The van der Waals surface area contributed by atoms with E-state index < -0.39 is 10.0 Å². The first-order valence-corrected chi connectivity index (χ1v) is 11.9. The van der Waals surface area contributed by atoms with Crippen molar-refractivity contribution >= 4 is 33.2 Å². The lowest BCUT2D eigenvalue weighted by Gasteiger charge is -2.30. The van der Waals surface area contributed by atoms with Gasteiger partial charge in [-0.25, -0.2) is 8.42 Å². The minimum atomic E-state index is -3.53. The summed E-state index contributed by atoms with van der Waals surface area (Å²) in [5.41, 5.74) is 1.56. The fourth-order valence-corrected chi connectivity index (χ4v) is 5.02. The van der Waals surface area contributed by atoms with E-state index in [4.69, 9.17) is 0 Å². The van der Waals surface area contributed by atoms with Crippen molar-refractivity contribution in [1.29, 1.82) is 0 Å². The van der Waals surface area contributed by atoms with Crippen LogP contribution in [0.5, 0.6) is 0 Å². The van der Waals surface area contributed by atoms with Gasteiger partial charge in [0.05, 0.1) is 4.90 Å². The molecule has 8 heteroatoms. The summed E-state index contributed by atoms with van der Waals surface area (Å²) in [6, 6.07) is 12.8. The number of piperidine rings is 1. The molecule has 0 radical (unpaired) electrons. The van der Waals surface area contributed by atoms with Crippen molar-refractivity contribution in [2.24, 2.45) is 11.8 Å². The highest BCUT2D eigenvalue weighted by Gasteiger charge is 2.28. The largest absolute Gasteiger partial charge is 0.326 e. The molecule has 1 heterocycles. The Morgan fingerprint density at radius 2 is 1.55 bits per heavy atom. The summed E-state index contributed by atoms with van der Waals surface area (Å²) in [6.07, 6.45) is 1.91. The molecule has 1 fully saturated rings. The maximum atomic E-state index is 12.8. The van der Waals surface area contributed by atoms with Crippen LogP contribution in [0.4, 0.5) is 11.4 Å². The number of amides is 2. The normalized spacial score (nSPS) is 17.4. The number of carbonyl (C=O) groups is 2. The van der Waals surface area contributed by atoms with Crippen LogP contribution >= 0.6 is 0 Å². The van der Waals surface area contributed by atoms with E-state index in [0.29, 0.717) is 35.9 Å². The van der Waals surface area contributed by atoms with Gasteiger partial charge in [0.25, 0.3) is 5.91 Å². The van der Waals surface area contributed by atoms with Crippen LogP contribution in [0.2, 0.25) is 0 Å². The molecule has 1 unspecified atom stereocenters. The Labute approximate surface area is 183 Å². The molecule has 2 aromatic rings. The molecule has 0 aromatic heterocycles. The smallest absolute Gasteiger partial charge is 0.255 e. The molecule has 1 aliphatic heterocycles. The number of anilines is 2. The number of rotatable bonds is 6. The molecule has 0 saturated carbocycles. The molecule has 1 aliphatic rings. The minimum absolute atomic E-state index is 0.0914. The monoisotopic (exact) mass is 443 g/mol. The van der Waals surface area contributed by atoms with Crippen molar-refractivity contribution in [1.82, 2.24) is 4.31 Å². The molecule has 0 spiro atoms. The number of benzene rings is 2. The van der Waals surface area contributed by atoms with Crippen LogP contribution in [0, 0.1) is 11.8 Å². The van der Waals surface area contributed by atoms with Crippen LogP contribution in [0.25, 0.3) is 0 Å². The fourth-order valence-electron chi connectivity index (χ4n) is 3.42. The lowest BCUT2D eigenvalue weighted by Crippen LogP contribution is -2.39. The van der Waals surface area contributed by atoms with Crippen LogP contribution in [0.15, 0.2) is 53.4 Å². The fraction of sp³-hybridized carbons (Fsp3) is 0.391. The van der Waals surface area contributed by atoms with Crippen molar-refractivity contribution in [3.8, 4) is 0 Å². The highest BCUT2D eigenvalue weighted by molar-refractivity contribution is 7.89. The molecule has 1 atom stereocenters. The molecular formula is C23H29N3O4S. The Bertz CT molecular complexity index is 1030. The summed E-state index contributed by atoms with van der Waals surface area (Å²) in [5.74, 6) is -0.186. The van der Waals surface area contributed by atoms with Gasteiger partial charge in [-0.1, -0.05) is 20.8 Å². The van der Waals surface area contributed by atoms with Gasteiger partial charge in [-0.15, -0.1) is 0 Å². The minimum Gasteiger partial charge on any atom is -0.326 e. The first-order valence-electron chi connectivity index (χ1n) is 10.5. The van der Waals surface area contributed by atoms with Gasteiger partial charge in [0.1, 0.15) is 0 Å². The van der Waals surface area contributed by atoms with Crippen LogP contribution in [0.1, 0.15) is 44.0 Å². The zero-order valence-corrected chi connectivity index (χ0v) is 18.9. The molecule has 1 saturated heterocycles. The highest BCUT2D eigenvalue weighted by Crippen LogP contribution is 2.24. The maximum Gasteiger partial charge on any atom is 0.255 e. The molecule has 2 aromatic carbocycles. The van der Waals surface area contributed by atoms with Gasteiger partial charge in [-0.05, 0) is 67.3 Å². The Morgan fingerprint density at radius 1 is 0.968 bits per heavy atom. The number of hydrogen-bond donors (Lipinski definition) is 2. The molecular weight excluding hydrogens is 414 g/mol. The number of carbonyl (C=O) groups excluding carboxylic acids is 2. The molecule has 2 amide bonds. The third kappa shape index (κ3) is 5.71. The summed E-state index contributed by atoms with van der Waals surface area (Å²) >= 11 is 0. The van der Waals surface area contributed by atoms with Crippen molar-refractivity contribution in [2.75, 3.05) is 23.7 Å². The third-order valence-electron chi connectivity index (χ3n) is 5.31. The second kappa shape index (κ2) is 9.62. The van der Waals surface area contributed by atoms with E-state index >= 15 is 0 Å². The number of nitrogens with one attached hydrogen (secondary N) is 2. The van der Waals surface area contributed by atoms with Crippen molar-refractivity contribution in [3.05, 3.63) is 54.1 Å². The van der Waals surface area contributed by atoms with Gasteiger partial charge in [0, 0.05) is 35.9 Å². The van der Waals surface area contributed by atoms with Crippen molar-refractivity contribution < 1.29 is 18.0 Å². The van der Waals surface area contributed by atoms with Crippen LogP contribution in [-0.4, -0.2) is 37.6 Å². The topological polar surface area (TPSA) is 95.6 Å². The number of nitrogens with zero attached hydrogens (tertiary/aromatic N) is 1. The first-order chi connectivity index (χ1) is 14.7. The standard InChI is InChI=1S/C23H29N3O4S/c1-16(2)22(27)24-19-8-6-18(7-9-19)23(28)25-20-10-12-21(13-11-20)31(29,30)26-14-4-5-17(3)15-26/h6-13,16-17H,4-5,14-15H2,1-3H3,(H,24,27)(H,25,28). The summed E-state index contributed by atoms with van der Waals surface area (Å²) in [7, 11) is -3.53. The highest BCUT2D eigenvalue weighted by atomic mass is 32.2. The zero-order chi connectivity index (χ0) is 22.6. The van der Waals surface area contributed by atoms with Gasteiger partial charge in [0.15, 0.2) is 0 Å². The van der Waals surface area contributed by atoms with Crippen molar-refractivity contribution in [2.45, 2.75) is 38.5 Å². The predicted octanol–water partition coefficient (Wildman–Crippen LogP) is 3.95. The summed E-state index contributed by atoms with van der Waals surface area (Å²) in [5, 5.41) is 5.54. The quantitative estimate of drug-likeness (QED) is 0.707. The van der Waals surface area contributed by atoms with Gasteiger partial charge in [0.2, 0.25) is 15.9 Å². The second-order valence-corrected chi connectivity index (χ2v) is 10.2. The molecule has 31 heavy (non-hydrogen) atoms. The maximum absolute atomic E-state index is 12.8. The van der Waals surface area contributed by atoms with E-state index in [9.17, 15) is 18.0 Å². The summed E-state index contributed by atoms with van der Waals surface area (Å²) < 4.78 is 27.2. The molecule has 0 bridgehead atoms. The van der Waals surface area contributed by atoms with Crippen molar-refractivity contribution in [3.63, 3.8) is 0 Å². The predicted molar refractivity (Wildman–Crippen MR) is 121 cm³/mol. The molecule has 0 aliphatic carbocycles. The molecule has 7 nitrogen and oxygen atoms in total. The average molecular weight is 444 g/mol. The van der Waals surface area contributed by atoms with E-state index in [2.05, 4.69) is 17.6 Å². The zero-order valence-electron chi connectivity index (χ0n) is 18.1. The molecule has 2 N–H and O–H groups in total. The SMILES string of the molecule is CC1CCCN(S(=O)(=O)c2ccc(NC(=O)c3ccc(NC(=O)C(C)C)cc3)cc2)C1. The van der Waals surface area contributed by atoms with E-state index in [1.807, 2.05) is 0 Å². The first kappa shape index (κ1) is 23.0. The van der Waals surface area contributed by atoms with E-state index in [1.165, 1.54) is 16.4 Å². The Morgan fingerprint density at radius 3 is 2.13 bits per heavy atom. The van der Waals surface area contributed by atoms with Gasteiger partial charge >= 0.3 is 0 Å². The van der Waals surface area contributed by atoms with Crippen LogP contribution in [-0.2, 0) is 14.8 Å². The van der Waals surface area contributed by atoms with Gasteiger partial charge in [-0.3, -0.25) is 9.59 Å². The Balaban J connectivity index is 1.64. The number of sulfonamides is 1. The lowest BCUT2D eigenvalue weighted by atomic mass is 10.0. The summed E-state index contributed by atoms with van der Waals surface area (Å²) in [4.78, 5) is 24.5. The Hall–Kier alpha value is -2.71.